The fourth-order valence-electron chi connectivity index (χ4n) is 2.61. The van der Waals surface area contributed by atoms with E-state index in [0.29, 0.717) is 40.0 Å². The molecule has 2 N–H and O–H groups in total. The maximum atomic E-state index is 12.3. The molecule has 1 heterocycles. The van der Waals surface area contributed by atoms with Gasteiger partial charge in [0, 0.05) is 42.4 Å². The summed E-state index contributed by atoms with van der Waals surface area (Å²) in [7, 11) is 0. The topological polar surface area (TPSA) is 80.7 Å². The predicted molar refractivity (Wildman–Crippen MR) is 94.0 cm³/mol. The number of halogens is 3. The minimum absolute atomic E-state index is 0.116. The molecule has 6 nitrogen and oxygen atoms in total. The van der Waals surface area contributed by atoms with Crippen molar-refractivity contribution in [3.63, 3.8) is 0 Å². The van der Waals surface area contributed by atoms with Crippen LogP contribution in [0.15, 0.2) is 24.4 Å². The first kappa shape index (κ1) is 21.1. The lowest BCUT2D eigenvalue weighted by molar-refractivity contribution is -0.276. The van der Waals surface area contributed by atoms with E-state index in [2.05, 4.69) is 27.1 Å². The van der Waals surface area contributed by atoms with Gasteiger partial charge < -0.3 is 19.9 Å². The van der Waals surface area contributed by atoms with Gasteiger partial charge in [0.05, 0.1) is 6.61 Å². The molecule has 0 saturated carbocycles. The molecule has 0 bridgehead atoms. The van der Waals surface area contributed by atoms with E-state index in [-0.39, 0.29) is 13.2 Å². The third-order valence-electron chi connectivity index (χ3n) is 3.78. The van der Waals surface area contributed by atoms with Crippen LogP contribution in [0.4, 0.5) is 13.2 Å². The van der Waals surface area contributed by atoms with Crippen LogP contribution in [0, 0.1) is 19.0 Å². The van der Waals surface area contributed by atoms with Crippen LogP contribution >= 0.6 is 0 Å². The number of hydrogen-bond acceptors (Lipinski definition) is 5. The molecule has 1 aromatic heterocycles. The number of aliphatic hydroxyl groups excluding tert-OH is 1. The van der Waals surface area contributed by atoms with Crippen LogP contribution in [0.1, 0.15) is 23.6 Å². The van der Waals surface area contributed by atoms with E-state index in [9.17, 15) is 23.1 Å². The molecule has 2 aromatic rings. The molecule has 0 spiro atoms. The maximum Gasteiger partial charge on any atom is 0.574 e. The Kier molecular flexibility index (Phi) is 6.84. The van der Waals surface area contributed by atoms with E-state index in [1.165, 1.54) is 12.3 Å². The van der Waals surface area contributed by atoms with Gasteiger partial charge in [-0.05, 0) is 30.2 Å². The summed E-state index contributed by atoms with van der Waals surface area (Å²) in [6.45, 7) is 3.06. The monoisotopic (exact) mass is 394 g/mol. The Bertz CT molecular complexity index is 901. The summed E-state index contributed by atoms with van der Waals surface area (Å²) in [4.78, 5) is 14.3. The summed E-state index contributed by atoms with van der Waals surface area (Å²) in [6.07, 6.45) is -0.625. The van der Waals surface area contributed by atoms with Crippen LogP contribution in [0.25, 0.3) is 11.1 Å². The van der Waals surface area contributed by atoms with Gasteiger partial charge in [-0.15, -0.1) is 13.2 Å². The average Bonchev–Trinajstić information content (AvgIpc) is 2.65. The highest BCUT2D eigenvalue weighted by Crippen LogP contribution is 2.36. The minimum Gasteiger partial charge on any atom is -0.407 e. The normalized spacial score (nSPS) is 10.6. The second kappa shape index (κ2) is 9.10. The molecule has 0 unspecified atom stereocenters. The molecular weight excluding hydrogens is 377 g/mol. The number of nitrogens with one attached hydrogen (secondary N) is 1. The average molecular weight is 394 g/mol. The number of ether oxygens (including phenoxy) is 2. The zero-order valence-electron chi connectivity index (χ0n) is 15.1. The summed E-state index contributed by atoms with van der Waals surface area (Å²) < 4.78 is 46.1. The second-order valence-corrected chi connectivity index (χ2v) is 5.56. The fraction of sp³-hybridized carbons (Fsp3) is 0.263. The summed E-state index contributed by atoms with van der Waals surface area (Å²) in [5.74, 6) is 2.31. The molecule has 0 aliphatic heterocycles. The lowest BCUT2D eigenvalue weighted by atomic mass is 9.94. The highest BCUT2D eigenvalue weighted by molar-refractivity contribution is 5.72. The number of amides is 1. The van der Waals surface area contributed by atoms with Crippen molar-refractivity contribution in [2.45, 2.75) is 33.4 Å². The molecule has 1 aromatic carbocycles. The Balaban J connectivity index is 2.55. The number of nitrogens with zero attached hydrogens (tertiary/aromatic N) is 1. The predicted octanol–water partition coefficient (Wildman–Crippen LogP) is 3.05. The summed E-state index contributed by atoms with van der Waals surface area (Å²) in [5.41, 5.74) is 2.71. The van der Waals surface area contributed by atoms with Crippen LogP contribution in [-0.4, -0.2) is 22.9 Å². The zero-order chi connectivity index (χ0) is 20.7. The number of aromatic nitrogens is 1. The van der Waals surface area contributed by atoms with E-state index in [0.717, 1.165) is 6.07 Å². The van der Waals surface area contributed by atoms with Crippen LogP contribution in [-0.2, 0) is 17.9 Å². The van der Waals surface area contributed by atoms with Crippen molar-refractivity contribution in [3.05, 3.63) is 41.1 Å². The molecule has 0 aliphatic rings. The summed E-state index contributed by atoms with van der Waals surface area (Å²) in [5, 5.41) is 12.3. The van der Waals surface area contributed by atoms with Crippen molar-refractivity contribution in [2.75, 3.05) is 0 Å². The van der Waals surface area contributed by atoms with Gasteiger partial charge in [0.25, 0.3) is 0 Å². The fourth-order valence-corrected chi connectivity index (χ4v) is 2.61. The molecule has 0 radical (unpaired) electrons. The molecule has 148 valence electrons. The van der Waals surface area contributed by atoms with Gasteiger partial charge in [-0.25, -0.2) is 4.98 Å². The van der Waals surface area contributed by atoms with E-state index in [1.54, 1.807) is 19.9 Å². The van der Waals surface area contributed by atoms with Gasteiger partial charge in [0.2, 0.25) is 12.3 Å². The van der Waals surface area contributed by atoms with Crippen molar-refractivity contribution in [1.82, 2.24) is 10.3 Å². The molecule has 2 rings (SSSR count). The molecule has 0 fully saturated rings. The Hall–Kier alpha value is -3.25. The van der Waals surface area contributed by atoms with Crippen LogP contribution in [0.2, 0.25) is 0 Å². The quantitative estimate of drug-likeness (QED) is 0.557. The highest BCUT2D eigenvalue weighted by Gasteiger charge is 2.31. The highest BCUT2D eigenvalue weighted by atomic mass is 19.4. The number of aliphatic hydroxyl groups is 1. The summed E-state index contributed by atoms with van der Waals surface area (Å²) in [6, 6.07) is 4.21. The van der Waals surface area contributed by atoms with Gasteiger partial charge in [-0.1, -0.05) is 5.92 Å². The van der Waals surface area contributed by atoms with Crippen LogP contribution < -0.4 is 14.8 Å². The Labute approximate surface area is 159 Å². The van der Waals surface area contributed by atoms with Crippen LogP contribution in [0.5, 0.6) is 11.6 Å². The van der Waals surface area contributed by atoms with Crippen molar-refractivity contribution in [1.29, 1.82) is 0 Å². The number of alkyl halides is 3. The number of carbonyl (C=O) groups excluding carboxylic acids is 1. The molecule has 0 atom stereocenters. The van der Waals surface area contributed by atoms with Crippen molar-refractivity contribution in [3.8, 4) is 34.8 Å². The van der Waals surface area contributed by atoms with Crippen molar-refractivity contribution >= 4 is 6.41 Å². The maximum absolute atomic E-state index is 12.3. The molecule has 28 heavy (non-hydrogen) atoms. The van der Waals surface area contributed by atoms with Gasteiger partial charge in [-0.2, -0.15) is 0 Å². The largest absolute Gasteiger partial charge is 0.574 e. The minimum atomic E-state index is -4.83. The van der Waals surface area contributed by atoms with E-state index in [4.69, 9.17) is 4.74 Å². The number of carbonyl (C=O) groups is 1. The summed E-state index contributed by atoms with van der Waals surface area (Å²) >= 11 is 0. The smallest absolute Gasteiger partial charge is 0.407 e. The third-order valence-corrected chi connectivity index (χ3v) is 3.78. The molecule has 9 heteroatoms. The Morgan fingerprint density at radius 1 is 1.36 bits per heavy atom. The van der Waals surface area contributed by atoms with Gasteiger partial charge in [0.1, 0.15) is 11.9 Å². The SMILES string of the molecule is CC#COc1c(C)c(-c2ccc(OC(F)(F)F)nc2)cc(CNC=O)c1CO. The lowest BCUT2D eigenvalue weighted by Crippen LogP contribution is -2.17. The number of hydrogen-bond donors (Lipinski definition) is 2. The number of rotatable bonds is 7. The third kappa shape index (κ3) is 5.14. The molecule has 0 aliphatic carbocycles. The standard InChI is InChI=1S/C19H17F3N2O4/c1-3-6-27-18-12(2)15(7-14(8-23-11-26)16(18)10-25)13-4-5-17(24-9-13)28-19(20,21)22/h4-5,7,9,11,25H,8,10H2,1-2H3,(H,23,26). The van der Waals surface area contributed by atoms with E-state index in [1.807, 2.05) is 0 Å². The first-order valence-electron chi connectivity index (χ1n) is 8.04. The second-order valence-electron chi connectivity index (χ2n) is 5.56. The van der Waals surface area contributed by atoms with Crippen molar-refractivity contribution < 1.29 is 32.5 Å². The first-order chi connectivity index (χ1) is 13.3. The van der Waals surface area contributed by atoms with Gasteiger partial charge >= 0.3 is 6.36 Å². The number of benzene rings is 1. The van der Waals surface area contributed by atoms with Gasteiger partial charge in [-0.3, -0.25) is 4.79 Å². The van der Waals surface area contributed by atoms with Crippen LogP contribution in [0.3, 0.4) is 0 Å². The Morgan fingerprint density at radius 3 is 2.64 bits per heavy atom. The molecule has 0 saturated heterocycles. The molecule has 1 amide bonds. The first-order valence-corrected chi connectivity index (χ1v) is 8.04. The zero-order valence-corrected chi connectivity index (χ0v) is 15.1. The Morgan fingerprint density at radius 2 is 2.11 bits per heavy atom. The van der Waals surface area contributed by atoms with E-state index < -0.39 is 12.2 Å². The molecular formula is C19H17F3N2O4. The number of pyridine rings is 1. The van der Waals surface area contributed by atoms with E-state index >= 15 is 0 Å². The van der Waals surface area contributed by atoms with Crippen molar-refractivity contribution in [2.24, 2.45) is 0 Å². The lowest BCUT2D eigenvalue weighted by Gasteiger charge is -2.18. The van der Waals surface area contributed by atoms with Gasteiger partial charge in [0.15, 0.2) is 0 Å².